The highest BCUT2D eigenvalue weighted by Crippen LogP contribution is 2.19. The van der Waals surface area contributed by atoms with Gasteiger partial charge in [-0.3, -0.25) is 0 Å². The van der Waals surface area contributed by atoms with Gasteiger partial charge in [0.1, 0.15) is 0 Å². The first-order valence-electron chi connectivity index (χ1n) is 8.18. The Morgan fingerprint density at radius 3 is 1.87 bits per heavy atom. The molecule has 0 fully saturated rings. The van der Waals surface area contributed by atoms with Crippen LogP contribution in [0.15, 0.2) is 84.9 Å². The molecule has 0 N–H and O–H groups in total. The predicted molar refractivity (Wildman–Crippen MR) is 96.3 cm³/mol. The molecule has 3 rings (SSSR count). The van der Waals surface area contributed by atoms with Gasteiger partial charge in [-0.05, 0) is 35.1 Å². The van der Waals surface area contributed by atoms with Gasteiger partial charge in [0.15, 0.2) is 0 Å². The summed E-state index contributed by atoms with van der Waals surface area (Å²) in [6, 6.07) is 29.7. The molecule has 0 spiro atoms. The average Bonchev–Trinajstić information content (AvgIpc) is 2.64. The summed E-state index contributed by atoms with van der Waals surface area (Å²) in [6.45, 7) is 1.50. The quantitative estimate of drug-likeness (QED) is 0.523. The van der Waals surface area contributed by atoms with Crippen molar-refractivity contribution in [3.05, 3.63) is 96.1 Å². The van der Waals surface area contributed by atoms with Crippen LogP contribution in [0.2, 0.25) is 0 Å². The lowest BCUT2D eigenvalue weighted by atomic mass is 10.0. The maximum Gasteiger partial charge on any atom is 0.0716 e. The van der Waals surface area contributed by atoms with Crippen LogP contribution >= 0.6 is 0 Å². The van der Waals surface area contributed by atoms with Crippen molar-refractivity contribution in [2.45, 2.75) is 19.4 Å². The van der Waals surface area contributed by atoms with Crippen LogP contribution in [0.25, 0.3) is 11.1 Å². The molecule has 116 valence electrons. The molecule has 0 aliphatic carbocycles. The summed E-state index contributed by atoms with van der Waals surface area (Å²) in [5.74, 6) is 0. The minimum atomic E-state index is 0.702. The van der Waals surface area contributed by atoms with Crippen molar-refractivity contribution in [1.29, 1.82) is 0 Å². The lowest BCUT2D eigenvalue weighted by Gasteiger charge is -2.06. The van der Waals surface area contributed by atoms with Gasteiger partial charge in [0.2, 0.25) is 0 Å². The first-order valence-corrected chi connectivity index (χ1v) is 8.18. The zero-order valence-electron chi connectivity index (χ0n) is 13.3. The average molecular weight is 302 g/mol. The molecule has 0 aromatic heterocycles. The van der Waals surface area contributed by atoms with Crippen molar-refractivity contribution in [2.24, 2.45) is 0 Å². The molecule has 0 saturated carbocycles. The summed E-state index contributed by atoms with van der Waals surface area (Å²) >= 11 is 0. The van der Waals surface area contributed by atoms with Crippen molar-refractivity contribution >= 4 is 0 Å². The monoisotopic (exact) mass is 302 g/mol. The van der Waals surface area contributed by atoms with Gasteiger partial charge in [-0.15, -0.1) is 0 Å². The summed E-state index contributed by atoms with van der Waals surface area (Å²) in [4.78, 5) is 0. The molecule has 1 heteroatoms. The Morgan fingerprint density at radius 1 is 0.565 bits per heavy atom. The Hall–Kier alpha value is -2.38. The van der Waals surface area contributed by atoms with E-state index >= 15 is 0 Å². The zero-order valence-corrected chi connectivity index (χ0v) is 13.3. The second kappa shape index (κ2) is 8.30. The van der Waals surface area contributed by atoms with Crippen LogP contribution in [0.4, 0.5) is 0 Å². The van der Waals surface area contributed by atoms with Crippen molar-refractivity contribution in [1.82, 2.24) is 0 Å². The second-order valence-electron chi connectivity index (χ2n) is 5.70. The van der Waals surface area contributed by atoms with E-state index in [4.69, 9.17) is 4.74 Å². The molecule has 0 radical (unpaired) electrons. The molecule has 0 atom stereocenters. The molecule has 0 heterocycles. The minimum absolute atomic E-state index is 0.702. The van der Waals surface area contributed by atoms with Gasteiger partial charge < -0.3 is 4.74 Å². The van der Waals surface area contributed by atoms with Gasteiger partial charge in [0.25, 0.3) is 0 Å². The van der Waals surface area contributed by atoms with Crippen LogP contribution in [0.1, 0.15) is 17.5 Å². The van der Waals surface area contributed by atoms with Crippen LogP contribution in [-0.4, -0.2) is 6.61 Å². The van der Waals surface area contributed by atoms with Crippen LogP contribution in [0.5, 0.6) is 0 Å². The Kier molecular flexibility index (Phi) is 5.60. The molecular formula is C22H22O. The second-order valence-corrected chi connectivity index (χ2v) is 5.70. The molecule has 0 unspecified atom stereocenters. The van der Waals surface area contributed by atoms with Crippen LogP contribution in [-0.2, 0) is 17.8 Å². The highest BCUT2D eigenvalue weighted by atomic mass is 16.5. The maximum atomic E-state index is 5.73. The summed E-state index contributed by atoms with van der Waals surface area (Å²) in [5, 5.41) is 0. The van der Waals surface area contributed by atoms with Crippen LogP contribution in [0, 0.1) is 0 Å². The van der Waals surface area contributed by atoms with Crippen molar-refractivity contribution in [3.63, 3.8) is 0 Å². The number of hydrogen-bond donors (Lipinski definition) is 0. The van der Waals surface area contributed by atoms with E-state index in [1.54, 1.807) is 0 Å². The largest absolute Gasteiger partial charge is 0.377 e. The fraction of sp³-hybridized carbons (Fsp3) is 0.182. The third-order valence-corrected chi connectivity index (χ3v) is 3.93. The van der Waals surface area contributed by atoms with E-state index in [-0.39, 0.29) is 0 Å². The number of benzene rings is 3. The van der Waals surface area contributed by atoms with E-state index in [0.29, 0.717) is 6.61 Å². The van der Waals surface area contributed by atoms with Crippen molar-refractivity contribution in [3.8, 4) is 11.1 Å². The van der Waals surface area contributed by atoms with Gasteiger partial charge in [-0.1, -0.05) is 84.9 Å². The van der Waals surface area contributed by atoms with E-state index < -0.39 is 0 Å². The van der Waals surface area contributed by atoms with Gasteiger partial charge in [0.05, 0.1) is 6.61 Å². The smallest absolute Gasteiger partial charge is 0.0716 e. The number of aryl methyl sites for hydroxylation is 1. The number of ether oxygens (including phenoxy) is 1. The van der Waals surface area contributed by atoms with E-state index in [0.717, 1.165) is 19.4 Å². The minimum Gasteiger partial charge on any atom is -0.377 e. The first-order chi connectivity index (χ1) is 11.4. The molecular weight excluding hydrogens is 280 g/mol. The van der Waals surface area contributed by atoms with E-state index in [1.165, 1.54) is 22.3 Å². The zero-order chi connectivity index (χ0) is 15.7. The molecule has 0 bridgehead atoms. The third kappa shape index (κ3) is 4.80. The first kappa shape index (κ1) is 15.5. The summed E-state index contributed by atoms with van der Waals surface area (Å²) < 4.78 is 5.73. The highest BCUT2D eigenvalue weighted by molar-refractivity contribution is 5.63. The summed E-state index contributed by atoms with van der Waals surface area (Å²) in [7, 11) is 0. The van der Waals surface area contributed by atoms with Gasteiger partial charge in [-0.25, -0.2) is 0 Å². The molecule has 0 saturated heterocycles. The Morgan fingerprint density at radius 2 is 1.17 bits per heavy atom. The molecule has 3 aromatic carbocycles. The Labute approximate surface area is 138 Å². The maximum absolute atomic E-state index is 5.73. The topological polar surface area (TPSA) is 9.23 Å². The van der Waals surface area contributed by atoms with E-state index in [9.17, 15) is 0 Å². The number of hydrogen-bond acceptors (Lipinski definition) is 1. The lowest BCUT2D eigenvalue weighted by Crippen LogP contribution is -1.97. The van der Waals surface area contributed by atoms with Crippen LogP contribution < -0.4 is 0 Å². The van der Waals surface area contributed by atoms with Gasteiger partial charge in [0, 0.05) is 6.61 Å². The van der Waals surface area contributed by atoms with E-state index in [1.807, 2.05) is 24.3 Å². The normalized spacial score (nSPS) is 10.6. The Balaban J connectivity index is 1.42. The summed E-state index contributed by atoms with van der Waals surface area (Å²) in [5.41, 5.74) is 5.15. The van der Waals surface area contributed by atoms with E-state index in [2.05, 4.69) is 60.7 Å². The molecule has 3 aromatic rings. The molecule has 0 aliphatic rings. The fourth-order valence-corrected chi connectivity index (χ4v) is 2.64. The van der Waals surface area contributed by atoms with Gasteiger partial charge >= 0.3 is 0 Å². The molecule has 0 amide bonds. The number of rotatable bonds is 7. The summed E-state index contributed by atoms with van der Waals surface area (Å²) in [6.07, 6.45) is 2.11. The standard InChI is InChI=1S/C22H22O/c1-3-8-20(9-4-1)18-23-17-7-10-19-13-15-22(16-14-19)21-11-5-2-6-12-21/h1-6,8-9,11-16H,7,10,17-18H2. The molecule has 23 heavy (non-hydrogen) atoms. The van der Waals surface area contributed by atoms with Crippen molar-refractivity contribution < 1.29 is 4.74 Å². The van der Waals surface area contributed by atoms with Gasteiger partial charge in [-0.2, -0.15) is 0 Å². The lowest BCUT2D eigenvalue weighted by molar-refractivity contribution is 0.118. The molecule has 0 aliphatic heterocycles. The molecule has 1 nitrogen and oxygen atoms in total. The highest BCUT2D eigenvalue weighted by Gasteiger charge is 1.98. The predicted octanol–water partition coefficient (Wildman–Crippen LogP) is 5.50. The van der Waals surface area contributed by atoms with Crippen molar-refractivity contribution in [2.75, 3.05) is 6.61 Å². The van der Waals surface area contributed by atoms with Crippen LogP contribution in [0.3, 0.4) is 0 Å². The fourth-order valence-electron chi connectivity index (χ4n) is 2.64. The third-order valence-electron chi connectivity index (χ3n) is 3.93. The Bertz CT molecular complexity index is 687. The SMILES string of the molecule is c1ccc(COCCCc2ccc(-c3ccccc3)cc2)cc1.